The van der Waals surface area contributed by atoms with Crippen LogP contribution in [0.1, 0.15) is 35.9 Å². The van der Waals surface area contributed by atoms with E-state index in [1.54, 1.807) is 0 Å². The first-order chi connectivity index (χ1) is 8.13. The predicted molar refractivity (Wildman–Crippen MR) is 63.7 cm³/mol. The summed E-state index contributed by atoms with van der Waals surface area (Å²) < 4.78 is 9.86. The van der Waals surface area contributed by atoms with Crippen LogP contribution in [-0.4, -0.2) is 31.1 Å². The number of ether oxygens (including phenoxy) is 1. The molecule has 0 N–H and O–H groups in total. The average molecular weight is 237 g/mol. The molecule has 17 heavy (non-hydrogen) atoms. The molecule has 1 aromatic rings. The molecule has 2 rings (SSSR count). The number of furan rings is 1. The molecule has 0 amide bonds. The van der Waals surface area contributed by atoms with E-state index < -0.39 is 5.97 Å². The van der Waals surface area contributed by atoms with Crippen LogP contribution in [0.3, 0.4) is 0 Å². The maximum absolute atomic E-state index is 11.5. The van der Waals surface area contributed by atoms with Gasteiger partial charge in [0, 0.05) is 18.2 Å². The number of rotatable bonds is 5. The number of hydrogen-bond acceptors (Lipinski definition) is 4. The molecule has 1 aliphatic rings. The summed E-state index contributed by atoms with van der Waals surface area (Å²) in [5.41, 5.74) is 0.895. The highest BCUT2D eigenvalue weighted by molar-refractivity contribution is 5.87. The minimum atomic E-state index is -0.405. The van der Waals surface area contributed by atoms with Gasteiger partial charge >= 0.3 is 5.97 Å². The standard InChI is InChI=1S/C13H19NO3/c1-9(10-4-5-10)14(2)8-11-6-7-17-12(11)13(15)16-3/h6-7,9-10H,4-5,8H2,1-3H3. The Bertz CT molecular complexity index is 395. The SMILES string of the molecule is COC(=O)c1occc1CN(C)C(C)C1CC1. The lowest BCUT2D eigenvalue weighted by atomic mass is 10.1. The topological polar surface area (TPSA) is 42.7 Å². The molecule has 0 aromatic carbocycles. The largest absolute Gasteiger partial charge is 0.463 e. The molecule has 4 nitrogen and oxygen atoms in total. The van der Waals surface area contributed by atoms with Crippen LogP contribution in [0, 0.1) is 5.92 Å². The lowest BCUT2D eigenvalue weighted by Crippen LogP contribution is -2.30. The van der Waals surface area contributed by atoms with Crippen LogP contribution in [0.15, 0.2) is 16.7 Å². The maximum Gasteiger partial charge on any atom is 0.374 e. The van der Waals surface area contributed by atoms with Crippen LogP contribution in [0.2, 0.25) is 0 Å². The minimum absolute atomic E-state index is 0.322. The molecule has 1 aliphatic carbocycles. The van der Waals surface area contributed by atoms with Gasteiger partial charge < -0.3 is 9.15 Å². The van der Waals surface area contributed by atoms with Gasteiger partial charge in [0.25, 0.3) is 0 Å². The van der Waals surface area contributed by atoms with Crippen molar-refractivity contribution >= 4 is 5.97 Å². The van der Waals surface area contributed by atoms with Crippen LogP contribution in [0.25, 0.3) is 0 Å². The molecule has 1 saturated carbocycles. The van der Waals surface area contributed by atoms with Gasteiger partial charge in [-0.2, -0.15) is 0 Å². The molecule has 0 aliphatic heterocycles. The second-order valence-corrected chi connectivity index (χ2v) is 4.76. The Labute approximate surface area is 102 Å². The van der Waals surface area contributed by atoms with Gasteiger partial charge in [0.1, 0.15) is 0 Å². The van der Waals surface area contributed by atoms with Gasteiger partial charge in [-0.05, 0) is 38.8 Å². The monoisotopic (exact) mass is 237 g/mol. The van der Waals surface area contributed by atoms with Gasteiger partial charge in [-0.25, -0.2) is 4.79 Å². The Morgan fingerprint density at radius 1 is 1.65 bits per heavy atom. The molecule has 0 bridgehead atoms. The van der Waals surface area contributed by atoms with Gasteiger partial charge in [-0.1, -0.05) is 0 Å². The first kappa shape index (κ1) is 12.2. The van der Waals surface area contributed by atoms with E-state index in [-0.39, 0.29) is 0 Å². The van der Waals surface area contributed by atoms with Crippen molar-refractivity contribution in [2.75, 3.05) is 14.2 Å². The molecule has 0 spiro atoms. The van der Waals surface area contributed by atoms with E-state index in [0.717, 1.165) is 18.0 Å². The Hall–Kier alpha value is -1.29. The number of carbonyl (C=O) groups excluding carboxylic acids is 1. The molecule has 1 heterocycles. The van der Waals surface area contributed by atoms with Crippen molar-refractivity contribution in [3.63, 3.8) is 0 Å². The van der Waals surface area contributed by atoms with Crippen molar-refractivity contribution in [1.29, 1.82) is 0 Å². The molecule has 1 unspecified atom stereocenters. The van der Waals surface area contributed by atoms with E-state index in [9.17, 15) is 4.79 Å². The fourth-order valence-electron chi connectivity index (χ4n) is 2.08. The fraction of sp³-hybridized carbons (Fsp3) is 0.615. The highest BCUT2D eigenvalue weighted by Gasteiger charge is 2.31. The van der Waals surface area contributed by atoms with Crippen molar-refractivity contribution in [2.45, 2.75) is 32.4 Å². The zero-order valence-corrected chi connectivity index (χ0v) is 10.6. The molecular formula is C13H19NO3. The molecule has 1 aromatic heterocycles. The molecule has 0 radical (unpaired) electrons. The molecule has 1 atom stereocenters. The Morgan fingerprint density at radius 3 is 2.94 bits per heavy atom. The predicted octanol–water partition coefficient (Wildman–Crippen LogP) is 2.30. The molecule has 1 fully saturated rings. The number of esters is 1. The first-order valence-electron chi connectivity index (χ1n) is 5.98. The summed E-state index contributed by atoms with van der Waals surface area (Å²) >= 11 is 0. The van der Waals surface area contributed by atoms with Crippen molar-refractivity contribution in [2.24, 2.45) is 5.92 Å². The van der Waals surface area contributed by atoms with Gasteiger partial charge in [0.2, 0.25) is 5.76 Å². The molecule has 4 heteroatoms. The fourth-order valence-corrected chi connectivity index (χ4v) is 2.08. The van der Waals surface area contributed by atoms with Crippen molar-refractivity contribution in [1.82, 2.24) is 4.90 Å². The second kappa shape index (κ2) is 4.92. The third-order valence-electron chi connectivity index (χ3n) is 3.54. The van der Waals surface area contributed by atoms with Crippen LogP contribution < -0.4 is 0 Å². The number of carbonyl (C=O) groups is 1. The number of nitrogens with zero attached hydrogens (tertiary/aromatic N) is 1. The lowest BCUT2D eigenvalue weighted by molar-refractivity contribution is 0.0561. The molecule has 94 valence electrons. The third-order valence-corrected chi connectivity index (χ3v) is 3.54. The summed E-state index contributed by atoms with van der Waals surface area (Å²) in [7, 11) is 3.45. The number of methoxy groups -OCH3 is 1. The van der Waals surface area contributed by atoms with Crippen molar-refractivity contribution in [3.05, 3.63) is 23.7 Å². The Kier molecular flexibility index (Phi) is 3.52. The van der Waals surface area contributed by atoms with Crippen LogP contribution in [0.4, 0.5) is 0 Å². The second-order valence-electron chi connectivity index (χ2n) is 4.76. The van der Waals surface area contributed by atoms with Crippen LogP contribution in [-0.2, 0) is 11.3 Å². The average Bonchev–Trinajstić information content (AvgIpc) is 3.08. The van der Waals surface area contributed by atoms with Crippen LogP contribution in [0.5, 0.6) is 0 Å². The minimum Gasteiger partial charge on any atom is -0.463 e. The summed E-state index contributed by atoms with van der Waals surface area (Å²) in [4.78, 5) is 13.7. The third kappa shape index (κ3) is 2.69. The smallest absolute Gasteiger partial charge is 0.374 e. The van der Waals surface area contributed by atoms with E-state index in [2.05, 4.69) is 23.6 Å². The Balaban J connectivity index is 2.02. The van der Waals surface area contributed by atoms with E-state index in [1.165, 1.54) is 26.2 Å². The molecular weight excluding hydrogens is 218 g/mol. The maximum atomic E-state index is 11.5. The normalized spacial score (nSPS) is 17.2. The number of hydrogen-bond donors (Lipinski definition) is 0. The van der Waals surface area contributed by atoms with Crippen LogP contribution >= 0.6 is 0 Å². The van der Waals surface area contributed by atoms with E-state index in [0.29, 0.717) is 11.8 Å². The lowest BCUT2D eigenvalue weighted by Gasteiger charge is -2.24. The van der Waals surface area contributed by atoms with E-state index in [4.69, 9.17) is 4.42 Å². The summed E-state index contributed by atoms with van der Waals surface area (Å²) in [6.45, 7) is 2.95. The summed E-state index contributed by atoms with van der Waals surface area (Å²) in [6, 6.07) is 2.39. The van der Waals surface area contributed by atoms with Crippen molar-refractivity contribution < 1.29 is 13.9 Å². The zero-order chi connectivity index (χ0) is 12.4. The van der Waals surface area contributed by atoms with E-state index in [1.807, 2.05) is 6.07 Å². The van der Waals surface area contributed by atoms with Gasteiger partial charge in [-0.15, -0.1) is 0 Å². The highest BCUT2D eigenvalue weighted by atomic mass is 16.5. The summed E-state index contributed by atoms with van der Waals surface area (Å²) in [5, 5.41) is 0. The summed E-state index contributed by atoms with van der Waals surface area (Å²) in [6.07, 6.45) is 4.18. The molecule has 0 saturated heterocycles. The summed E-state index contributed by atoms with van der Waals surface area (Å²) in [5.74, 6) is 0.730. The highest BCUT2D eigenvalue weighted by Crippen LogP contribution is 2.35. The van der Waals surface area contributed by atoms with Gasteiger partial charge in [0.15, 0.2) is 0 Å². The zero-order valence-electron chi connectivity index (χ0n) is 10.6. The quantitative estimate of drug-likeness (QED) is 0.737. The first-order valence-corrected chi connectivity index (χ1v) is 5.98. The van der Waals surface area contributed by atoms with Crippen molar-refractivity contribution in [3.8, 4) is 0 Å². The van der Waals surface area contributed by atoms with Gasteiger partial charge in [-0.3, -0.25) is 4.90 Å². The van der Waals surface area contributed by atoms with E-state index >= 15 is 0 Å². The van der Waals surface area contributed by atoms with Gasteiger partial charge in [0.05, 0.1) is 13.4 Å². The Morgan fingerprint density at radius 2 is 2.35 bits per heavy atom.